The van der Waals surface area contributed by atoms with Crippen molar-refractivity contribution in [2.75, 3.05) is 20.8 Å². The minimum atomic E-state index is -0.209. The summed E-state index contributed by atoms with van der Waals surface area (Å²) in [5.41, 5.74) is 1.89. The molecule has 1 atom stereocenters. The minimum Gasteiger partial charge on any atom is -0.497 e. The Hall–Kier alpha value is -3.02. The number of hydrogen-bond acceptors (Lipinski definition) is 4. The zero-order valence-corrected chi connectivity index (χ0v) is 25.3. The fourth-order valence-corrected chi connectivity index (χ4v) is 3.91. The standard InChI is InChI=1S/C28H40N2O4.2C2H6/c1-6-21(16-15-20(2)3)19-29-28(32)24-13-9-7-8-11-22(24)17-27(31)30-25-18-23(33-4)12-10-14-26(25)34-5;2*1-2/h7-9,12-14,18,20-21H,6,10-11,15-17,19H2,1-5H3,(H,29,32)(H,30,31);2*1-2H3. The second-order valence-corrected chi connectivity index (χ2v) is 9.07. The molecule has 0 aromatic heterocycles. The topological polar surface area (TPSA) is 76.7 Å². The minimum absolute atomic E-state index is 0.113. The number of amides is 2. The number of allylic oxidation sites excluding steroid dienone is 6. The number of ether oxygens (including phenoxy) is 2. The second-order valence-electron chi connectivity index (χ2n) is 9.07. The van der Waals surface area contributed by atoms with Gasteiger partial charge in [-0.1, -0.05) is 79.5 Å². The van der Waals surface area contributed by atoms with Crippen LogP contribution in [0.25, 0.3) is 0 Å². The normalized spacial score (nSPS) is 15.3. The molecule has 0 radical (unpaired) electrons. The van der Waals surface area contributed by atoms with Crippen molar-refractivity contribution >= 4 is 11.8 Å². The van der Waals surface area contributed by atoms with Crippen LogP contribution in [0, 0.1) is 11.8 Å². The van der Waals surface area contributed by atoms with Crippen molar-refractivity contribution in [1.82, 2.24) is 10.6 Å². The first-order chi connectivity index (χ1) is 18.4. The van der Waals surface area contributed by atoms with Crippen LogP contribution in [0.2, 0.25) is 0 Å². The molecule has 38 heavy (non-hydrogen) atoms. The van der Waals surface area contributed by atoms with Crippen molar-refractivity contribution in [3.63, 3.8) is 0 Å². The Morgan fingerprint density at radius 2 is 1.71 bits per heavy atom. The van der Waals surface area contributed by atoms with Crippen LogP contribution in [0.1, 0.15) is 87.0 Å². The summed E-state index contributed by atoms with van der Waals surface area (Å²) in [6.07, 6.45) is 17.7. The van der Waals surface area contributed by atoms with Gasteiger partial charge in [0.15, 0.2) is 0 Å². The van der Waals surface area contributed by atoms with Gasteiger partial charge in [-0.2, -0.15) is 0 Å². The van der Waals surface area contributed by atoms with Gasteiger partial charge in [-0.05, 0) is 54.9 Å². The average molecular weight is 529 g/mol. The summed E-state index contributed by atoms with van der Waals surface area (Å²) in [5.74, 6) is 2.01. The van der Waals surface area contributed by atoms with Gasteiger partial charge in [0.05, 0.1) is 19.9 Å². The molecular weight excluding hydrogens is 476 g/mol. The summed E-state index contributed by atoms with van der Waals surface area (Å²) in [6.45, 7) is 15.3. The van der Waals surface area contributed by atoms with E-state index in [2.05, 4.69) is 31.4 Å². The summed E-state index contributed by atoms with van der Waals surface area (Å²) < 4.78 is 10.8. The van der Waals surface area contributed by atoms with Crippen LogP contribution in [-0.2, 0) is 19.1 Å². The van der Waals surface area contributed by atoms with Crippen LogP contribution in [0.5, 0.6) is 0 Å². The van der Waals surface area contributed by atoms with E-state index in [1.54, 1.807) is 26.4 Å². The third kappa shape index (κ3) is 13.0. The molecule has 0 saturated carbocycles. The first-order valence-electron chi connectivity index (χ1n) is 14.2. The van der Waals surface area contributed by atoms with Crippen LogP contribution in [-0.4, -0.2) is 32.6 Å². The molecule has 0 fully saturated rings. The number of carbonyl (C=O) groups excluding carboxylic acids is 2. The number of hydrogen-bond donors (Lipinski definition) is 2. The average Bonchev–Trinajstić information content (AvgIpc) is 3.28. The lowest BCUT2D eigenvalue weighted by atomic mass is 9.95. The lowest BCUT2D eigenvalue weighted by Gasteiger charge is -2.18. The van der Waals surface area contributed by atoms with Gasteiger partial charge in [0, 0.05) is 24.6 Å². The van der Waals surface area contributed by atoms with E-state index < -0.39 is 0 Å². The van der Waals surface area contributed by atoms with E-state index in [1.165, 1.54) is 0 Å². The third-order valence-corrected chi connectivity index (χ3v) is 6.06. The lowest BCUT2D eigenvalue weighted by molar-refractivity contribution is -0.119. The number of nitrogens with one attached hydrogen (secondary N) is 2. The van der Waals surface area contributed by atoms with Crippen molar-refractivity contribution in [1.29, 1.82) is 0 Å². The lowest BCUT2D eigenvalue weighted by Crippen LogP contribution is -2.31. The summed E-state index contributed by atoms with van der Waals surface area (Å²) in [7, 11) is 3.16. The molecule has 0 heterocycles. The van der Waals surface area contributed by atoms with Gasteiger partial charge in [-0.3, -0.25) is 9.59 Å². The van der Waals surface area contributed by atoms with Gasteiger partial charge in [0.2, 0.25) is 5.91 Å². The van der Waals surface area contributed by atoms with E-state index in [4.69, 9.17) is 9.47 Å². The highest BCUT2D eigenvalue weighted by atomic mass is 16.5. The van der Waals surface area contributed by atoms with E-state index in [-0.39, 0.29) is 18.2 Å². The second kappa shape index (κ2) is 21.0. The summed E-state index contributed by atoms with van der Waals surface area (Å²) in [5, 5.41) is 6.04. The maximum Gasteiger partial charge on any atom is 0.251 e. The van der Waals surface area contributed by atoms with Crippen LogP contribution < -0.4 is 10.6 Å². The highest BCUT2D eigenvalue weighted by Crippen LogP contribution is 2.22. The van der Waals surface area contributed by atoms with Gasteiger partial charge in [0.1, 0.15) is 11.5 Å². The SMILES string of the molecule is CC.CC.CCC(CCC(C)C)CNC(=O)C1=C(CC(=O)NC2=CC(OC)=CCC=C2OC)CC=CC=C1. The molecule has 2 aliphatic carbocycles. The molecule has 2 rings (SSSR count). The molecule has 0 aromatic carbocycles. The molecule has 2 amide bonds. The highest BCUT2D eigenvalue weighted by molar-refractivity contribution is 5.98. The quantitative estimate of drug-likeness (QED) is 0.279. The van der Waals surface area contributed by atoms with E-state index in [9.17, 15) is 9.59 Å². The van der Waals surface area contributed by atoms with Crippen LogP contribution in [0.3, 0.4) is 0 Å². The Morgan fingerprint density at radius 3 is 2.32 bits per heavy atom. The molecule has 6 nitrogen and oxygen atoms in total. The first-order valence-corrected chi connectivity index (χ1v) is 14.2. The Kier molecular flexibility index (Phi) is 19.3. The molecule has 214 valence electrons. The summed E-state index contributed by atoms with van der Waals surface area (Å²) in [6, 6.07) is 0. The molecule has 0 aliphatic heterocycles. The number of rotatable bonds is 12. The fraction of sp³-hybridized carbons (Fsp3) is 0.562. The van der Waals surface area contributed by atoms with Gasteiger partial charge in [-0.15, -0.1) is 0 Å². The molecular formula is C32H52N2O4. The van der Waals surface area contributed by atoms with Gasteiger partial charge in [0.25, 0.3) is 5.91 Å². The smallest absolute Gasteiger partial charge is 0.251 e. The van der Waals surface area contributed by atoms with Crippen molar-refractivity contribution in [2.45, 2.75) is 87.0 Å². The number of carbonyl (C=O) groups is 2. The van der Waals surface area contributed by atoms with Crippen molar-refractivity contribution < 1.29 is 19.1 Å². The Labute approximate surface area is 232 Å². The van der Waals surface area contributed by atoms with Crippen LogP contribution >= 0.6 is 0 Å². The van der Waals surface area contributed by atoms with E-state index in [1.807, 2.05) is 58.1 Å². The first kappa shape index (κ1) is 35.0. The predicted octanol–water partition coefficient (Wildman–Crippen LogP) is 7.28. The maximum atomic E-state index is 13.1. The van der Waals surface area contributed by atoms with Crippen LogP contribution in [0.15, 0.2) is 70.9 Å². The molecule has 1 unspecified atom stereocenters. The largest absolute Gasteiger partial charge is 0.497 e. The van der Waals surface area contributed by atoms with Crippen molar-refractivity contribution in [2.24, 2.45) is 11.8 Å². The molecule has 0 bridgehead atoms. The molecule has 0 aromatic rings. The molecule has 0 spiro atoms. The molecule has 0 saturated heterocycles. The van der Waals surface area contributed by atoms with Gasteiger partial charge >= 0.3 is 0 Å². The fourth-order valence-electron chi connectivity index (χ4n) is 3.91. The maximum absolute atomic E-state index is 13.1. The van der Waals surface area contributed by atoms with Gasteiger partial charge in [-0.25, -0.2) is 0 Å². The monoisotopic (exact) mass is 528 g/mol. The Morgan fingerprint density at radius 1 is 1.00 bits per heavy atom. The zero-order valence-electron chi connectivity index (χ0n) is 25.3. The van der Waals surface area contributed by atoms with E-state index in [0.29, 0.717) is 54.0 Å². The van der Waals surface area contributed by atoms with Crippen molar-refractivity contribution in [3.05, 3.63) is 70.9 Å². The summed E-state index contributed by atoms with van der Waals surface area (Å²) in [4.78, 5) is 26.1. The highest BCUT2D eigenvalue weighted by Gasteiger charge is 2.19. The number of methoxy groups -OCH3 is 2. The van der Waals surface area contributed by atoms with E-state index in [0.717, 1.165) is 24.8 Å². The van der Waals surface area contributed by atoms with E-state index >= 15 is 0 Å². The molecule has 6 heteroatoms. The van der Waals surface area contributed by atoms with Crippen molar-refractivity contribution in [3.8, 4) is 0 Å². The van der Waals surface area contributed by atoms with Crippen LogP contribution in [0.4, 0.5) is 0 Å². The Bertz CT molecular complexity index is 904. The molecule has 2 N–H and O–H groups in total. The predicted molar refractivity (Wildman–Crippen MR) is 159 cm³/mol. The zero-order chi connectivity index (χ0) is 28.9. The molecule has 2 aliphatic rings. The Balaban J connectivity index is 0.00000326. The van der Waals surface area contributed by atoms with Gasteiger partial charge < -0.3 is 20.1 Å². The summed E-state index contributed by atoms with van der Waals surface area (Å²) >= 11 is 0. The third-order valence-electron chi connectivity index (χ3n) is 6.06.